The Morgan fingerprint density at radius 1 is 1.75 bits per heavy atom. The number of rotatable bonds is 4. The molecule has 2 heterocycles. The van der Waals surface area contributed by atoms with Crippen molar-refractivity contribution < 1.29 is 9.90 Å². The van der Waals surface area contributed by atoms with Gasteiger partial charge in [-0.15, -0.1) is 11.3 Å². The van der Waals surface area contributed by atoms with Crippen molar-refractivity contribution in [3.05, 3.63) is 23.5 Å². The maximum absolute atomic E-state index is 11.1. The molecular formula is C10H13N3O2S. The average molecular weight is 239 g/mol. The highest BCUT2D eigenvalue weighted by atomic mass is 32.1. The summed E-state index contributed by atoms with van der Waals surface area (Å²) in [5.74, 6) is -0.883. The molecule has 0 saturated carbocycles. The Morgan fingerprint density at radius 2 is 2.50 bits per heavy atom. The van der Waals surface area contributed by atoms with Gasteiger partial charge < -0.3 is 10.8 Å². The van der Waals surface area contributed by atoms with Crippen LogP contribution in [0, 0.1) is 5.41 Å². The Hall–Kier alpha value is -1.40. The van der Waals surface area contributed by atoms with Gasteiger partial charge in [-0.2, -0.15) is 0 Å². The lowest BCUT2D eigenvalue weighted by Crippen LogP contribution is -2.37. The number of hydrogen-bond acceptors (Lipinski definition) is 4. The Bertz CT molecular complexity index is 490. The standard InChI is InChI=1S/C10H13N3O2S/c1-10(6-11,8(14)15)4-7-5-13-2-3-16-9(13)12-7/h2-3,5H,4,6,11H2,1H3,(H,14,15). The van der Waals surface area contributed by atoms with Crippen LogP contribution in [0.3, 0.4) is 0 Å². The molecule has 0 saturated heterocycles. The molecule has 0 fully saturated rings. The summed E-state index contributed by atoms with van der Waals surface area (Å²) in [6.45, 7) is 1.75. The van der Waals surface area contributed by atoms with Gasteiger partial charge in [-0.25, -0.2) is 4.98 Å². The first kappa shape index (κ1) is 11.1. The second-order valence-corrected chi connectivity index (χ2v) is 4.94. The molecule has 0 aliphatic carbocycles. The smallest absolute Gasteiger partial charge is 0.311 e. The summed E-state index contributed by atoms with van der Waals surface area (Å²) < 4.78 is 1.89. The van der Waals surface area contributed by atoms with Crippen molar-refractivity contribution in [3.8, 4) is 0 Å². The number of nitrogens with zero attached hydrogens (tertiary/aromatic N) is 2. The molecule has 0 bridgehead atoms. The average Bonchev–Trinajstić information content (AvgIpc) is 2.77. The number of fused-ring (bicyclic) bond motifs is 1. The highest BCUT2D eigenvalue weighted by molar-refractivity contribution is 7.15. The first-order valence-electron chi connectivity index (χ1n) is 4.90. The van der Waals surface area contributed by atoms with Crippen LogP contribution < -0.4 is 5.73 Å². The molecule has 0 spiro atoms. The third-order valence-electron chi connectivity index (χ3n) is 2.68. The van der Waals surface area contributed by atoms with E-state index in [4.69, 9.17) is 10.8 Å². The van der Waals surface area contributed by atoms with Crippen molar-refractivity contribution in [1.82, 2.24) is 9.38 Å². The maximum atomic E-state index is 11.1. The van der Waals surface area contributed by atoms with Crippen LogP contribution in [0.15, 0.2) is 17.8 Å². The van der Waals surface area contributed by atoms with Crippen LogP contribution in [0.1, 0.15) is 12.6 Å². The van der Waals surface area contributed by atoms with E-state index in [0.717, 1.165) is 10.7 Å². The van der Waals surface area contributed by atoms with Gasteiger partial charge in [0.25, 0.3) is 0 Å². The molecule has 1 atom stereocenters. The van der Waals surface area contributed by atoms with Crippen LogP contribution in [0.5, 0.6) is 0 Å². The Balaban J connectivity index is 2.26. The lowest BCUT2D eigenvalue weighted by molar-refractivity contribution is -0.147. The summed E-state index contributed by atoms with van der Waals surface area (Å²) in [5, 5.41) is 11.0. The number of nitrogens with two attached hydrogens (primary N) is 1. The lowest BCUT2D eigenvalue weighted by Gasteiger charge is -2.21. The van der Waals surface area contributed by atoms with Crippen LogP contribution >= 0.6 is 11.3 Å². The van der Waals surface area contributed by atoms with Crippen molar-refractivity contribution >= 4 is 22.3 Å². The van der Waals surface area contributed by atoms with E-state index >= 15 is 0 Å². The van der Waals surface area contributed by atoms with Crippen LogP contribution in [-0.2, 0) is 11.2 Å². The van der Waals surface area contributed by atoms with Crippen molar-refractivity contribution in [2.75, 3.05) is 6.54 Å². The SMILES string of the molecule is CC(CN)(Cc1cn2ccsc2n1)C(=O)O. The topological polar surface area (TPSA) is 80.6 Å². The molecule has 3 N–H and O–H groups in total. The van der Waals surface area contributed by atoms with E-state index < -0.39 is 11.4 Å². The number of aromatic nitrogens is 2. The lowest BCUT2D eigenvalue weighted by atomic mass is 9.86. The Labute approximate surface area is 96.5 Å². The summed E-state index contributed by atoms with van der Waals surface area (Å²) in [5.41, 5.74) is 5.34. The van der Waals surface area contributed by atoms with E-state index in [2.05, 4.69) is 4.98 Å². The quantitative estimate of drug-likeness (QED) is 0.833. The predicted molar refractivity (Wildman–Crippen MR) is 61.6 cm³/mol. The summed E-state index contributed by atoms with van der Waals surface area (Å²) in [6, 6.07) is 0. The van der Waals surface area contributed by atoms with Gasteiger partial charge >= 0.3 is 5.97 Å². The molecule has 0 amide bonds. The van der Waals surface area contributed by atoms with E-state index in [1.165, 1.54) is 11.3 Å². The van der Waals surface area contributed by atoms with Crippen molar-refractivity contribution in [3.63, 3.8) is 0 Å². The fourth-order valence-corrected chi connectivity index (χ4v) is 2.22. The van der Waals surface area contributed by atoms with Crippen molar-refractivity contribution in [2.45, 2.75) is 13.3 Å². The van der Waals surface area contributed by atoms with Crippen molar-refractivity contribution in [1.29, 1.82) is 0 Å². The summed E-state index contributed by atoms with van der Waals surface area (Å²) >= 11 is 1.52. The van der Waals surface area contributed by atoms with E-state index in [9.17, 15) is 4.79 Å². The van der Waals surface area contributed by atoms with Crippen LogP contribution in [0.25, 0.3) is 4.96 Å². The predicted octanol–water partition coefficient (Wildman–Crippen LogP) is 0.988. The molecular weight excluding hydrogens is 226 g/mol. The molecule has 2 aromatic rings. The number of carboxylic acid groups (broad SMARTS) is 1. The largest absolute Gasteiger partial charge is 0.481 e. The molecule has 0 radical (unpaired) electrons. The minimum Gasteiger partial charge on any atom is -0.481 e. The third kappa shape index (κ3) is 1.81. The van der Waals surface area contributed by atoms with Gasteiger partial charge in [0.05, 0.1) is 11.1 Å². The highest BCUT2D eigenvalue weighted by Gasteiger charge is 2.32. The van der Waals surface area contributed by atoms with Gasteiger partial charge in [-0.1, -0.05) is 0 Å². The zero-order valence-electron chi connectivity index (χ0n) is 8.88. The zero-order valence-corrected chi connectivity index (χ0v) is 9.70. The van der Waals surface area contributed by atoms with E-state index in [1.54, 1.807) is 6.92 Å². The number of thiazole rings is 1. The number of carbonyl (C=O) groups is 1. The van der Waals surface area contributed by atoms with Gasteiger partial charge in [-0.3, -0.25) is 9.20 Å². The summed E-state index contributed by atoms with van der Waals surface area (Å²) in [7, 11) is 0. The van der Waals surface area contributed by atoms with Gasteiger partial charge in [0.15, 0.2) is 4.96 Å². The molecule has 6 heteroatoms. The van der Waals surface area contributed by atoms with Crippen LogP contribution in [-0.4, -0.2) is 27.0 Å². The second-order valence-electron chi connectivity index (χ2n) is 4.07. The molecule has 1 unspecified atom stereocenters. The molecule has 5 nitrogen and oxygen atoms in total. The normalized spacial score (nSPS) is 15.1. The molecule has 2 rings (SSSR count). The van der Waals surface area contributed by atoms with Crippen LogP contribution in [0.2, 0.25) is 0 Å². The minimum atomic E-state index is -0.940. The summed E-state index contributed by atoms with van der Waals surface area (Å²) in [4.78, 5) is 16.3. The Morgan fingerprint density at radius 3 is 3.06 bits per heavy atom. The number of imidazole rings is 1. The van der Waals surface area contributed by atoms with Gasteiger partial charge in [0, 0.05) is 30.7 Å². The van der Waals surface area contributed by atoms with E-state index in [0.29, 0.717) is 6.42 Å². The fraction of sp³-hybridized carbons (Fsp3) is 0.400. The molecule has 86 valence electrons. The Kier molecular flexibility index (Phi) is 2.69. The molecule has 0 aromatic carbocycles. The number of carboxylic acids is 1. The first-order chi connectivity index (χ1) is 7.55. The summed E-state index contributed by atoms with van der Waals surface area (Å²) in [6.07, 6.45) is 4.10. The fourth-order valence-electron chi connectivity index (χ4n) is 1.50. The zero-order chi connectivity index (χ0) is 11.8. The molecule has 16 heavy (non-hydrogen) atoms. The molecule has 2 aromatic heterocycles. The monoisotopic (exact) mass is 239 g/mol. The molecule has 0 aliphatic heterocycles. The van der Waals surface area contributed by atoms with E-state index in [-0.39, 0.29) is 6.54 Å². The van der Waals surface area contributed by atoms with E-state index in [1.807, 2.05) is 22.2 Å². The van der Waals surface area contributed by atoms with Gasteiger partial charge in [-0.05, 0) is 6.92 Å². The van der Waals surface area contributed by atoms with Gasteiger partial charge in [0.1, 0.15) is 0 Å². The maximum Gasteiger partial charge on any atom is 0.311 e. The van der Waals surface area contributed by atoms with Crippen LogP contribution in [0.4, 0.5) is 0 Å². The van der Waals surface area contributed by atoms with Crippen molar-refractivity contribution in [2.24, 2.45) is 11.1 Å². The second kappa shape index (κ2) is 3.88. The highest BCUT2D eigenvalue weighted by Crippen LogP contribution is 2.22. The minimum absolute atomic E-state index is 0.105. The molecule has 0 aliphatic rings. The first-order valence-corrected chi connectivity index (χ1v) is 5.78. The number of hydrogen-bond donors (Lipinski definition) is 2. The number of aliphatic carboxylic acids is 1. The van der Waals surface area contributed by atoms with Gasteiger partial charge in [0.2, 0.25) is 0 Å². The third-order valence-corrected chi connectivity index (χ3v) is 3.45.